The van der Waals surface area contributed by atoms with Crippen molar-refractivity contribution in [2.45, 2.75) is 32.9 Å². The predicted octanol–water partition coefficient (Wildman–Crippen LogP) is 3.09. The second kappa shape index (κ2) is 7.40. The van der Waals surface area contributed by atoms with Gasteiger partial charge in [-0.25, -0.2) is 4.68 Å². The zero-order chi connectivity index (χ0) is 19.7. The summed E-state index contributed by atoms with van der Waals surface area (Å²) in [7, 11) is 0. The van der Waals surface area contributed by atoms with Crippen LogP contribution >= 0.6 is 11.8 Å². The maximum absolute atomic E-state index is 12.6. The summed E-state index contributed by atoms with van der Waals surface area (Å²) in [6.45, 7) is 7.04. The molecule has 0 aliphatic rings. The average molecular weight is 383 g/mol. The van der Waals surface area contributed by atoms with Gasteiger partial charge in [-0.05, 0) is 38.8 Å². The third-order valence-electron chi connectivity index (χ3n) is 4.45. The molecule has 140 valence electrons. The highest BCUT2D eigenvalue weighted by Crippen LogP contribution is 2.25. The quantitative estimate of drug-likeness (QED) is 0.385. The molecule has 7 nitrogen and oxygen atoms in total. The molecule has 0 aliphatic carbocycles. The Morgan fingerprint density at radius 3 is 2.52 bits per heavy atom. The van der Waals surface area contributed by atoms with E-state index in [1.165, 1.54) is 23.4 Å². The summed E-state index contributed by atoms with van der Waals surface area (Å²) in [5, 5.41) is 8.72. The van der Waals surface area contributed by atoms with E-state index in [-0.39, 0.29) is 17.3 Å². The molecule has 2 heterocycles. The van der Waals surface area contributed by atoms with Gasteiger partial charge in [-0.2, -0.15) is 0 Å². The van der Waals surface area contributed by atoms with Gasteiger partial charge in [-0.15, -0.1) is 10.2 Å². The Balaban J connectivity index is 1.79. The van der Waals surface area contributed by atoms with Gasteiger partial charge in [-0.1, -0.05) is 36.0 Å². The zero-order valence-corrected chi connectivity index (χ0v) is 16.5. The maximum atomic E-state index is 12.6. The summed E-state index contributed by atoms with van der Waals surface area (Å²) in [6, 6.07) is 7.76. The van der Waals surface area contributed by atoms with Gasteiger partial charge >= 0.3 is 0 Å². The number of Topliss-reactive ketones (excluding diaryl/α,β-unsaturated/α-hetero) is 2. The Morgan fingerprint density at radius 1 is 1.19 bits per heavy atom. The highest BCUT2D eigenvalue weighted by atomic mass is 32.2. The van der Waals surface area contributed by atoms with Gasteiger partial charge in [0, 0.05) is 16.8 Å². The number of carbonyl (C=O) groups excluding carboxylic acids is 2. The molecule has 27 heavy (non-hydrogen) atoms. The normalized spacial score (nSPS) is 11.0. The van der Waals surface area contributed by atoms with Crippen LogP contribution in [0.3, 0.4) is 0 Å². The van der Waals surface area contributed by atoms with Gasteiger partial charge in [0.25, 0.3) is 0 Å². The monoisotopic (exact) mass is 383 g/mol. The lowest BCUT2D eigenvalue weighted by Gasteiger charge is -2.06. The number of hydrogen-bond acceptors (Lipinski definition) is 6. The van der Waals surface area contributed by atoms with Crippen LogP contribution in [0.5, 0.6) is 0 Å². The van der Waals surface area contributed by atoms with Crippen molar-refractivity contribution < 1.29 is 9.59 Å². The van der Waals surface area contributed by atoms with Crippen LogP contribution in [0, 0.1) is 20.8 Å². The van der Waals surface area contributed by atoms with Crippen LogP contribution in [0.25, 0.3) is 11.4 Å². The van der Waals surface area contributed by atoms with E-state index in [1.807, 2.05) is 31.2 Å². The molecular formula is C19H21N5O2S. The number of nitrogens with two attached hydrogens (primary N) is 1. The highest BCUT2D eigenvalue weighted by Gasteiger charge is 2.21. The minimum Gasteiger partial charge on any atom is -0.355 e. The van der Waals surface area contributed by atoms with Crippen molar-refractivity contribution >= 4 is 23.3 Å². The van der Waals surface area contributed by atoms with Crippen molar-refractivity contribution in [3.63, 3.8) is 0 Å². The van der Waals surface area contributed by atoms with Gasteiger partial charge in [0.15, 0.2) is 17.4 Å². The lowest BCUT2D eigenvalue weighted by molar-refractivity contribution is 0.101. The molecule has 3 N–H and O–H groups in total. The first-order chi connectivity index (χ1) is 12.8. The molecule has 0 amide bonds. The number of aromatic amines is 1. The predicted molar refractivity (Wildman–Crippen MR) is 106 cm³/mol. The largest absolute Gasteiger partial charge is 0.355 e. The van der Waals surface area contributed by atoms with Gasteiger partial charge in [0.05, 0.1) is 11.4 Å². The summed E-state index contributed by atoms with van der Waals surface area (Å²) in [5.41, 5.74) is 4.35. The number of H-pyrrole nitrogens is 1. The SMILES string of the molecule is CC(=O)c1c(C)[nH]c(C(=O)CSc2nnc(-c3ccccc3C)n2N)c1C. The molecule has 0 atom stereocenters. The van der Waals surface area contributed by atoms with Gasteiger partial charge in [0.1, 0.15) is 0 Å². The molecule has 0 aliphatic heterocycles. The van der Waals surface area contributed by atoms with Gasteiger partial charge in [0.2, 0.25) is 5.16 Å². The first-order valence-electron chi connectivity index (χ1n) is 8.43. The lowest BCUT2D eigenvalue weighted by Crippen LogP contribution is -2.13. The number of nitrogens with one attached hydrogen (secondary N) is 1. The van der Waals surface area contributed by atoms with Crippen LogP contribution in [0.15, 0.2) is 29.4 Å². The van der Waals surface area contributed by atoms with E-state index in [4.69, 9.17) is 5.84 Å². The number of benzene rings is 1. The first kappa shape index (κ1) is 18.9. The molecule has 1 aromatic carbocycles. The first-order valence-corrected chi connectivity index (χ1v) is 9.42. The fourth-order valence-corrected chi connectivity index (χ4v) is 3.87. The average Bonchev–Trinajstić information content (AvgIpc) is 3.12. The molecule has 0 fully saturated rings. The van der Waals surface area contributed by atoms with E-state index >= 15 is 0 Å². The van der Waals surface area contributed by atoms with Crippen LogP contribution in [-0.4, -0.2) is 37.2 Å². The third-order valence-corrected chi connectivity index (χ3v) is 5.39. The number of nitrogens with zero attached hydrogens (tertiary/aromatic N) is 3. The standard InChI is InChI=1S/C19H21N5O2S/c1-10-7-5-6-8-14(10)18-22-23-19(24(18)20)27-9-15(26)17-11(2)16(13(4)25)12(3)21-17/h5-8,21H,9,20H2,1-4H3. The molecule has 0 bridgehead atoms. The lowest BCUT2D eigenvalue weighted by atomic mass is 10.1. The number of nitrogen functional groups attached to an aromatic ring is 1. The van der Waals surface area contributed by atoms with E-state index in [0.717, 1.165) is 11.1 Å². The van der Waals surface area contributed by atoms with E-state index in [9.17, 15) is 9.59 Å². The molecular weight excluding hydrogens is 362 g/mol. The van der Waals surface area contributed by atoms with Crippen molar-refractivity contribution in [3.8, 4) is 11.4 Å². The van der Waals surface area contributed by atoms with E-state index < -0.39 is 0 Å². The molecule has 0 radical (unpaired) electrons. The van der Waals surface area contributed by atoms with Gasteiger partial charge < -0.3 is 10.8 Å². The van der Waals surface area contributed by atoms with Crippen LogP contribution < -0.4 is 5.84 Å². The number of hydrogen-bond donors (Lipinski definition) is 2. The Labute approximate surface area is 161 Å². The smallest absolute Gasteiger partial charge is 0.210 e. The molecule has 0 saturated heterocycles. The zero-order valence-electron chi connectivity index (χ0n) is 15.7. The summed E-state index contributed by atoms with van der Waals surface area (Å²) in [4.78, 5) is 27.4. The number of aryl methyl sites for hydroxylation is 2. The molecule has 3 aromatic rings. The van der Waals surface area contributed by atoms with Crippen molar-refractivity contribution in [3.05, 3.63) is 52.3 Å². The minimum absolute atomic E-state index is 0.0578. The maximum Gasteiger partial charge on any atom is 0.210 e. The minimum atomic E-state index is -0.117. The molecule has 2 aromatic heterocycles. The summed E-state index contributed by atoms with van der Waals surface area (Å²) in [5.74, 6) is 6.65. The number of rotatable bonds is 6. The van der Waals surface area contributed by atoms with Crippen molar-refractivity contribution in [1.29, 1.82) is 0 Å². The third kappa shape index (κ3) is 3.52. The molecule has 8 heteroatoms. The van der Waals surface area contributed by atoms with Crippen LogP contribution in [0.4, 0.5) is 0 Å². The van der Waals surface area contributed by atoms with E-state index in [0.29, 0.717) is 33.5 Å². The fourth-order valence-electron chi connectivity index (χ4n) is 3.14. The Hall–Kier alpha value is -2.87. The van der Waals surface area contributed by atoms with Crippen molar-refractivity contribution in [1.82, 2.24) is 19.9 Å². The second-order valence-electron chi connectivity index (χ2n) is 6.38. The Kier molecular flexibility index (Phi) is 5.18. The molecule has 3 rings (SSSR count). The van der Waals surface area contributed by atoms with Gasteiger partial charge in [-0.3, -0.25) is 9.59 Å². The van der Waals surface area contributed by atoms with Crippen molar-refractivity contribution in [2.24, 2.45) is 0 Å². The number of aromatic nitrogens is 4. The van der Waals surface area contributed by atoms with Crippen LogP contribution in [0.1, 0.15) is 44.6 Å². The summed E-state index contributed by atoms with van der Waals surface area (Å²) < 4.78 is 1.40. The Bertz CT molecular complexity index is 1030. The number of thioether (sulfide) groups is 1. The number of ketones is 2. The Morgan fingerprint density at radius 2 is 1.89 bits per heavy atom. The van der Waals surface area contributed by atoms with Crippen molar-refractivity contribution in [2.75, 3.05) is 11.6 Å². The fraction of sp³-hybridized carbons (Fsp3) is 0.263. The molecule has 0 saturated carbocycles. The molecule has 0 spiro atoms. The topological polar surface area (TPSA) is 107 Å². The summed E-state index contributed by atoms with van der Waals surface area (Å²) >= 11 is 1.21. The number of carbonyl (C=O) groups is 2. The molecule has 0 unspecified atom stereocenters. The van der Waals surface area contributed by atoms with Crippen LogP contribution in [0.2, 0.25) is 0 Å². The summed E-state index contributed by atoms with van der Waals surface area (Å²) in [6.07, 6.45) is 0. The van der Waals surface area contributed by atoms with E-state index in [1.54, 1.807) is 13.8 Å². The second-order valence-corrected chi connectivity index (χ2v) is 7.33. The van der Waals surface area contributed by atoms with Crippen LogP contribution in [-0.2, 0) is 0 Å². The highest BCUT2D eigenvalue weighted by molar-refractivity contribution is 7.99. The van der Waals surface area contributed by atoms with E-state index in [2.05, 4.69) is 15.2 Å².